The fourth-order valence-corrected chi connectivity index (χ4v) is 2.89. The van der Waals surface area contributed by atoms with E-state index in [0.717, 1.165) is 11.1 Å². The van der Waals surface area contributed by atoms with Crippen LogP contribution in [0.25, 0.3) is 0 Å². The Hall–Kier alpha value is -2.44. The van der Waals surface area contributed by atoms with Gasteiger partial charge in [0, 0.05) is 11.6 Å². The molecule has 0 spiro atoms. The number of hydrogen-bond donors (Lipinski definition) is 2. The van der Waals surface area contributed by atoms with Crippen molar-refractivity contribution in [2.45, 2.75) is 20.1 Å². The van der Waals surface area contributed by atoms with Gasteiger partial charge in [-0.05, 0) is 42.3 Å². The maximum Gasteiger partial charge on any atom is 0.218 e. The molecule has 0 aliphatic rings. The van der Waals surface area contributed by atoms with E-state index in [4.69, 9.17) is 32.7 Å². The zero-order valence-corrected chi connectivity index (χ0v) is 15.6. The first-order valence-corrected chi connectivity index (χ1v) is 8.83. The molecule has 0 aliphatic heterocycles. The van der Waals surface area contributed by atoms with Crippen molar-refractivity contribution in [3.8, 4) is 11.5 Å². The molecule has 3 aromatic rings. The Kier molecular flexibility index (Phi) is 6.20. The van der Waals surface area contributed by atoms with Crippen LogP contribution < -0.4 is 14.8 Å². The van der Waals surface area contributed by atoms with Crippen LogP contribution in [0.5, 0.6) is 11.5 Å². The normalized spacial score (nSPS) is 10.6. The summed E-state index contributed by atoms with van der Waals surface area (Å²) in [6.45, 7) is 3.27. The summed E-state index contributed by atoms with van der Waals surface area (Å²) in [5, 5.41) is 10.8. The minimum absolute atomic E-state index is 0.343. The average Bonchev–Trinajstić information content (AvgIpc) is 3.13. The Bertz CT molecular complexity index is 856. The summed E-state index contributed by atoms with van der Waals surface area (Å²) in [6, 6.07) is 11.2. The van der Waals surface area contributed by atoms with Gasteiger partial charge in [0.25, 0.3) is 0 Å². The minimum Gasteiger partial charge on any atom is -0.490 e. The Morgan fingerprint density at radius 2 is 2.00 bits per heavy atom. The van der Waals surface area contributed by atoms with E-state index in [1.54, 1.807) is 0 Å². The summed E-state index contributed by atoms with van der Waals surface area (Å²) < 4.78 is 11.6. The first kappa shape index (κ1) is 18.4. The number of nitrogens with one attached hydrogen (secondary N) is 2. The molecule has 8 heteroatoms. The topological polar surface area (TPSA) is 72.1 Å². The van der Waals surface area contributed by atoms with Gasteiger partial charge in [-0.2, -0.15) is 5.10 Å². The van der Waals surface area contributed by atoms with Crippen molar-refractivity contribution >= 4 is 29.2 Å². The second-order valence-corrected chi connectivity index (χ2v) is 6.29. The fourth-order valence-electron chi connectivity index (χ4n) is 2.39. The number of benzene rings is 2. The maximum atomic E-state index is 6.43. The molecule has 26 heavy (non-hydrogen) atoms. The van der Waals surface area contributed by atoms with E-state index in [2.05, 4.69) is 20.5 Å². The first-order valence-electron chi connectivity index (χ1n) is 8.07. The number of halogens is 2. The second-order valence-electron chi connectivity index (χ2n) is 5.44. The third-order valence-corrected chi connectivity index (χ3v) is 4.03. The molecule has 0 aliphatic carbocycles. The average molecular weight is 393 g/mol. The molecule has 0 saturated heterocycles. The van der Waals surface area contributed by atoms with Gasteiger partial charge in [0.05, 0.1) is 11.6 Å². The number of ether oxygens (including phenoxy) is 2. The van der Waals surface area contributed by atoms with Crippen molar-refractivity contribution in [3.05, 3.63) is 63.9 Å². The lowest BCUT2D eigenvalue weighted by molar-refractivity contribution is 0.269. The highest BCUT2D eigenvalue weighted by molar-refractivity contribution is 6.32. The summed E-state index contributed by atoms with van der Waals surface area (Å²) in [7, 11) is 0. The third-order valence-electron chi connectivity index (χ3n) is 3.52. The van der Waals surface area contributed by atoms with E-state index < -0.39 is 0 Å². The molecule has 0 saturated carbocycles. The predicted molar refractivity (Wildman–Crippen MR) is 102 cm³/mol. The van der Waals surface area contributed by atoms with Crippen LogP contribution in [0.15, 0.2) is 42.7 Å². The highest BCUT2D eigenvalue weighted by Gasteiger charge is 2.13. The van der Waals surface area contributed by atoms with Crippen molar-refractivity contribution < 1.29 is 9.47 Å². The molecule has 0 radical (unpaired) electrons. The van der Waals surface area contributed by atoms with E-state index in [-0.39, 0.29) is 0 Å². The molecule has 0 bridgehead atoms. The molecular formula is C18H18Cl2N4O2. The molecule has 0 fully saturated rings. The van der Waals surface area contributed by atoms with Gasteiger partial charge in [0.15, 0.2) is 11.5 Å². The van der Waals surface area contributed by atoms with Crippen LogP contribution in [-0.4, -0.2) is 21.8 Å². The molecule has 1 heterocycles. The van der Waals surface area contributed by atoms with Gasteiger partial charge in [-0.25, -0.2) is 10.1 Å². The van der Waals surface area contributed by atoms with Gasteiger partial charge in [-0.3, -0.25) is 0 Å². The van der Waals surface area contributed by atoms with E-state index in [1.807, 2.05) is 43.3 Å². The van der Waals surface area contributed by atoms with Crippen molar-refractivity contribution in [2.75, 3.05) is 11.9 Å². The molecule has 0 unspecified atom stereocenters. The summed E-state index contributed by atoms with van der Waals surface area (Å²) in [6.07, 6.45) is 1.44. The van der Waals surface area contributed by atoms with Crippen molar-refractivity contribution in [1.82, 2.24) is 15.2 Å². The zero-order valence-electron chi connectivity index (χ0n) is 14.1. The van der Waals surface area contributed by atoms with Crippen LogP contribution >= 0.6 is 23.2 Å². The fraction of sp³-hybridized carbons (Fsp3) is 0.222. The highest BCUT2D eigenvalue weighted by atomic mass is 35.5. The van der Waals surface area contributed by atoms with E-state index in [9.17, 15) is 0 Å². The van der Waals surface area contributed by atoms with Crippen LogP contribution in [0.4, 0.5) is 5.95 Å². The summed E-state index contributed by atoms with van der Waals surface area (Å²) in [4.78, 5) is 4.02. The highest BCUT2D eigenvalue weighted by Crippen LogP contribution is 2.37. The molecule has 0 amide bonds. The predicted octanol–water partition coefficient (Wildman–Crippen LogP) is 4.70. The molecule has 3 rings (SSSR count). The van der Waals surface area contributed by atoms with E-state index in [1.165, 1.54) is 6.33 Å². The molecule has 2 N–H and O–H groups in total. The molecular weight excluding hydrogens is 375 g/mol. The smallest absolute Gasteiger partial charge is 0.218 e. The molecule has 136 valence electrons. The van der Waals surface area contributed by atoms with Gasteiger partial charge in [0.2, 0.25) is 5.95 Å². The summed E-state index contributed by atoms with van der Waals surface area (Å²) in [5.74, 6) is 1.69. The van der Waals surface area contributed by atoms with Crippen molar-refractivity contribution in [1.29, 1.82) is 0 Å². The van der Waals surface area contributed by atoms with Gasteiger partial charge in [-0.1, -0.05) is 35.3 Å². The van der Waals surface area contributed by atoms with E-state index in [0.29, 0.717) is 47.3 Å². The molecule has 6 nitrogen and oxygen atoms in total. The van der Waals surface area contributed by atoms with Gasteiger partial charge < -0.3 is 14.8 Å². The third kappa shape index (κ3) is 4.80. The Morgan fingerprint density at radius 3 is 2.73 bits per heavy atom. The Balaban J connectivity index is 1.75. The number of nitrogens with zero attached hydrogens (tertiary/aromatic N) is 2. The molecule has 0 atom stereocenters. The monoisotopic (exact) mass is 392 g/mol. The SMILES string of the molecule is CCOc1cc(CNc2ncn[nH]2)cc(Cl)c1OCc1cccc(Cl)c1. The lowest BCUT2D eigenvalue weighted by atomic mass is 10.2. The number of aromatic nitrogens is 3. The summed E-state index contributed by atoms with van der Waals surface area (Å²) in [5.41, 5.74) is 1.89. The minimum atomic E-state index is 0.343. The molecule has 1 aromatic heterocycles. The van der Waals surface area contributed by atoms with Crippen LogP contribution in [0.3, 0.4) is 0 Å². The molecule has 2 aromatic carbocycles. The van der Waals surface area contributed by atoms with Crippen LogP contribution in [0.2, 0.25) is 10.0 Å². The quantitative estimate of drug-likeness (QED) is 0.580. The Labute approximate surface area is 161 Å². The Morgan fingerprint density at radius 1 is 1.12 bits per heavy atom. The van der Waals surface area contributed by atoms with E-state index >= 15 is 0 Å². The lowest BCUT2D eigenvalue weighted by Gasteiger charge is -2.15. The van der Waals surface area contributed by atoms with Gasteiger partial charge >= 0.3 is 0 Å². The first-order chi connectivity index (χ1) is 12.7. The summed E-state index contributed by atoms with van der Waals surface area (Å²) >= 11 is 12.4. The number of H-pyrrole nitrogens is 1. The maximum absolute atomic E-state index is 6.43. The standard InChI is InChI=1S/C18H18Cl2N4O2/c1-2-25-16-8-13(9-21-18-22-11-23-24-18)7-15(20)17(16)26-10-12-4-3-5-14(19)6-12/h3-8,11H,2,9-10H2,1H3,(H2,21,22,23,24). The second kappa shape index (κ2) is 8.78. The van der Waals surface area contributed by atoms with Crippen LogP contribution in [-0.2, 0) is 13.2 Å². The van der Waals surface area contributed by atoms with Gasteiger partial charge in [-0.15, -0.1) is 0 Å². The van der Waals surface area contributed by atoms with Gasteiger partial charge in [0.1, 0.15) is 12.9 Å². The largest absolute Gasteiger partial charge is 0.490 e. The number of rotatable bonds is 8. The van der Waals surface area contributed by atoms with Crippen molar-refractivity contribution in [3.63, 3.8) is 0 Å². The van der Waals surface area contributed by atoms with Crippen LogP contribution in [0, 0.1) is 0 Å². The number of aromatic amines is 1. The lowest BCUT2D eigenvalue weighted by Crippen LogP contribution is -2.04. The van der Waals surface area contributed by atoms with Crippen LogP contribution in [0.1, 0.15) is 18.1 Å². The number of anilines is 1. The number of hydrogen-bond acceptors (Lipinski definition) is 5. The van der Waals surface area contributed by atoms with Crippen molar-refractivity contribution in [2.24, 2.45) is 0 Å². The zero-order chi connectivity index (χ0) is 18.4.